The maximum Gasteiger partial charge on any atom is 0.172 e. The summed E-state index contributed by atoms with van der Waals surface area (Å²) in [6.07, 6.45) is 7.77. The zero-order valence-corrected chi connectivity index (χ0v) is 19.3. The van der Waals surface area contributed by atoms with E-state index < -0.39 is 0 Å². The molecule has 1 saturated heterocycles. The maximum absolute atomic E-state index is 6.44. The van der Waals surface area contributed by atoms with Crippen LogP contribution in [-0.2, 0) is 6.54 Å². The third-order valence-electron chi connectivity index (χ3n) is 5.74. The van der Waals surface area contributed by atoms with Crippen molar-refractivity contribution in [2.24, 2.45) is 5.92 Å². The van der Waals surface area contributed by atoms with E-state index in [1.807, 2.05) is 47.2 Å². The molecule has 8 heteroatoms. The minimum absolute atomic E-state index is 0.562. The molecule has 4 heterocycles. The SMILES string of the molecule is Clc1ccccc1-c1cc(NCC2CCCN(Cc3ccoc3)C2)n2ncc(Br)c2n1. The quantitative estimate of drug-likeness (QED) is 0.366. The van der Waals surface area contributed by atoms with Crippen LogP contribution in [0, 0.1) is 5.92 Å². The number of benzene rings is 1. The fourth-order valence-electron chi connectivity index (χ4n) is 4.22. The highest BCUT2D eigenvalue weighted by Gasteiger charge is 2.21. The molecule has 31 heavy (non-hydrogen) atoms. The Morgan fingerprint density at radius 3 is 3.00 bits per heavy atom. The largest absolute Gasteiger partial charge is 0.472 e. The standard InChI is InChI=1S/C23H23BrClN5O/c24-19-12-27-30-22(10-21(28-23(19)30)18-5-1-2-6-20(18)25)26-11-16-4-3-8-29(13-16)14-17-7-9-31-15-17/h1-2,5-7,9-10,12,15-16,26H,3-4,8,11,13-14H2. The van der Waals surface area contributed by atoms with Gasteiger partial charge in [0, 0.05) is 41.9 Å². The van der Waals surface area contributed by atoms with Crippen LogP contribution in [0.2, 0.25) is 5.02 Å². The Morgan fingerprint density at radius 1 is 1.26 bits per heavy atom. The lowest BCUT2D eigenvalue weighted by atomic mass is 9.97. The molecule has 0 spiro atoms. The summed E-state index contributed by atoms with van der Waals surface area (Å²) in [5, 5.41) is 8.81. The van der Waals surface area contributed by atoms with E-state index in [0.29, 0.717) is 10.9 Å². The summed E-state index contributed by atoms with van der Waals surface area (Å²) in [6, 6.07) is 11.8. The summed E-state index contributed by atoms with van der Waals surface area (Å²) in [6.45, 7) is 4.01. The van der Waals surface area contributed by atoms with Crippen molar-refractivity contribution in [2.75, 3.05) is 25.0 Å². The Labute approximate surface area is 194 Å². The molecule has 0 radical (unpaired) electrons. The van der Waals surface area contributed by atoms with Gasteiger partial charge in [-0.2, -0.15) is 9.61 Å². The fourth-order valence-corrected chi connectivity index (χ4v) is 4.80. The number of hydrogen-bond acceptors (Lipinski definition) is 5. The number of furan rings is 1. The van der Waals surface area contributed by atoms with Gasteiger partial charge in [-0.1, -0.05) is 29.8 Å². The van der Waals surface area contributed by atoms with Crippen molar-refractivity contribution in [1.82, 2.24) is 19.5 Å². The third kappa shape index (κ3) is 4.49. The number of fused-ring (bicyclic) bond motifs is 1. The first kappa shape index (κ1) is 20.5. The number of anilines is 1. The predicted octanol–water partition coefficient (Wildman–Crippen LogP) is 5.73. The van der Waals surface area contributed by atoms with Crippen LogP contribution in [0.5, 0.6) is 0 Å². The molecule has 4 aromatic rings. The molecular weight excluding hydrogens is 478 g/mol. The molecule has 1 unspecified atom stereocenters. The Balaban J connectivity index is 1.35. The van der Waals surface area contributed by atoms with Crippen LogP contribution >= 0.6 is 27.5 Å². The second kappa shape index (κ2) is 9.02. The average Bonchev–Trinajstić information content (AvgIpc) is 3.43. The Morgan fingerprint density at radius 2 is 2.16 bits per heavy atom. The van der Waals surface area contributed by atoms with Gasteiger partial charge in [0.15, 0.2) is 5.65 Å². The number of nitrogens with one attached hydrogen (secondary N) is 1. The molecule has 0 amide bonds. The zero-order valence-electron chi connectivity index (χ0n) is 17.0. The molecule has 0 aliphatic carbocycles. The van der Waals surface area contributed by atoms with Gasteiger partial charge < -0.3 is 9.73 Å². The number of halogens is 2. The second-order valence-corrected chi connectivity index (χ2v) is 9.25. The number of aromatic nitrogens is 3. The smallest absolute Gasteiger partial charge is 0.172 e. The van der Waals surface area contributed by atoms with Gasteiger partial charge in [-0.3, -0.25) is 4.90 Å². The number of hydrogen-bond donors (Lipinski definition) is 1. The normalized spacial score (nSPS) is 17.3. The van der Waals surface area contributed by atoms with Crippen molar-refractivity contribution in [3.8, 4) is 11.3 Å². The van der Waals surface area contributed by atoms with Crippen LogP contribution in [0.3, 0.4) is 0 Å². The molecule has 6 nitrogen and oxygen atoms in total. The van der Waals surface area contributed by atoms with Crippen molar-refractivity contribution in [2.45, 2.75) is 19.4 Å². The van der Waals surface area contributed by atoms with Gasteiger partial charge in [0.1, 0.15) is 5.82 Å². The lowest BCUT2D eigenvalue weighted by molar-refractivity contribution is 0.173. The molecular formula is C23H23BrClN5O. The van der Waals surface area contributed by atoms with Crippen molar-refractivity contribution in [1.29, 1.82) is 0 Å². The van der Waals surface area contributed by atoms with Crippen molar-refractivity contribution in [3.63, 3.8) is 0 Å². The van der Waals surface area contributed by atoms with E-state index >= 15 is 0 Å². The van der Waals surface area contributed by atoms with Gasteiger partial charge >= 0.3 is 0 Å². The molecule has 0 bridgehead atoms. The van der Waals surface area contributed by atoms with Gasteiger partial charge in [-0.05, 0) is 53.4 Å². The molecule has 5 rings (SSSR count). The van der Waals surface area contributed by atoms with Crippen LogP contribution in [-0.4, -0.2) is 39.1 Å². The molecule has 1 aromatic carbocycles. The highest BCUT2D eigenvalue weighted by atomic mass is 79.9. The van der Waals surface area contributed by atoms with Crippen LogP contribution in [0.4, 0.5) is 5.82 Å². The first-order chi connectivity index (χ1) is 15.2. The van der Waals surface area contributed by atoms with E-state index in [2.05, 4.69) is 31.2 Å². The highest BCUT2D eigenvalue weighted by Crippen LogP contribution is 2.30. The fraction of sp³-hybridized carbons (Fsp3) is 0.304. The van der Waals surface area contributed by atoms with Crippen molar-refractivity contribution in [3.05, 3.63) is 70.2 Å². The van der Waals surface area contributed by atoms with E-state index in [9.17, 15) is 0 Å². The molecule has 1 N–H and O–H groups in total. The topological polar surface area (TPSA) is 58.6 Å². The second-order valence-electron chi connectivity index (χ2n) is 7.99. The predicted molar refractivity (Wildman–Crippen MR) is 126 cm³/mol. The average molecular weight is 501 g/mol. The first-order valence-electron chi connectivity index (χ1n) is 10.4. The third-order valence-corrected chi connectivity index (χ3v) is 6.63. The number of piperidine rings is 1. The number of rotatable bonds is 6. The molecule has 0 saturated carbocycles. The summed E-state index contributed by atoms with van der Waals surface area (Å²) >= 11 is 10.0. The molecule has 3 aromatic heterocycles. The lowest BCUT2D eigenvalue weighted by Crippen LogP contribution is -2.37. The minimum Gasteiger partial charge on any atom is -0.472 e. The van der Waals surface area contributed by atoms with E-state index in [-0.39, 0.29) is 0 Å². The summed E-state index contributed by atoms with van der Waals surface area (Å²) in [7, 11) is 0. The molecule has 160 valence electrons. The van der Waals surface area contributed by atoms with Crippen molar-refractivity contribution >= 4 is 39.0 Å². The lowest BCUT2D eigenvalue weighted by Gasteiger charge is -2.32. The first-order valence-corrected chi connectivity index (χ1v) is 11.6. The molecule has 1 fully saturated rings. The molecule has 1 aliphatic rings. The van der Waals surface area contributed by atoms with Gasteiger partial charge in [0.2, 0.25) is 0 Å². The van der Waals surface area contributed by atoms with E-state index in [1.165, 1.54) is 18.4 Å². The van der Waals surface area contributed by atoms with Crippen molar-refractivity contribution < 1.29 is 4.42 Å². The van der Waals surface area contributed by atoms with Gasteiger partial charge in [-0.25, -0.2) is 4.98 Å². The summed E-state index contributed by atoms with van der Waals surface area (Å²) in [4.78, 5) is 7.29. The van der Waals surface area contributed by atoms with Crippen LogP contribution < -0.4 is 5.32 Å². The number of likely N-dealkylation sites (tertiary alicyclic amines) is 1. The number of nitrogens with zero attached hydrogens (tertiary/aromatic N) is 4. The zero-order chi connectivity index (χ0) is 21.2. The monoisotopic (exact) mass is 499 g/mol. The van der Waals surface area contributed by atoms with Gasteiger partial charge in [0.05, 0.1) is 28.9 Å². The molecule has 1 aliphatic heterocycles. The Bertz CT molecular complexity index is 1180. The van der Waals surface area contributed by atoms with E-state index in [0.717, 1.165) is 53.4 Å². The maximum atomic E-state index is 6.44. The van der Waals surface area contributed by atoms with Crippen LogP contribution in [0.25, 0.3) is 16.9 Å². The highest BCUT2D eigenvalue weighted by molar-refractivity contribution is 9.10. The summed E-state index contributed by atoms with van der Waals surface area (Å²) < 4.78 is 7.92. The summed E-state index contributed by atoms with van der Waals surface area (Å²) in [5.41, 5.74) is 3.74. The minimum atomic E-state index is 0.562. The van der Waals surface area contributed by atoms with E-state index in [4.69, 9.17) is 21.0 Å². The molecule has 1 atom stereocenters. The van der Waals surface area contributed by atoms with Gasteiger partial charge in [-0.15, -0.1) is 0 Å². The Hall–Kier alpha value is -2.35. The summed E-state index contributed by atoms with van der Waals surface area (Å²) in [5.74, 6) is 1.48. The Kier molecular flexibility index (Phi) is 5.98. The van der Waals surface area contributed by atoms with Crippen LogP contribution in [0.1, 0.15) is 18.4 Å². The van der Waals surface area contributed by atoms with E-state index in [1.54, 1.807) is 12.5 Å². The van der Waals surface area contributed by atoms with Gasteiger partial charge in [0.25, 0.3) is 0 Å². The van der Waals surface area contributed by atoms with Crippen LogP contribution in [0.15, 0.2) is 64.0 Å².